The second-order valence-electron chi connectivity index (χ2n) is 5.78. The summed E-state index contributed by atoms with van der Waals surface area (Å²) < 4.78 is 6.36. The highest BCUT2D eigenvalue weighted by atomic mass is 28.4. The summed E-state index contributed by atoms with van der Waals surface area (Å²) in [5.41, 5.74) is 0.376. The zero-order valence-electron chi connectivity index (χ0n) is 9.23. The molecule has 0 spiro atoms. The Bertz CT molecular complexity index is 197. The van der Waals surface area contributed by atoms with Crippen LogP contribution in [0.25, 0.3) is 0 Å². The molecule has 0 N–H and O–H groups in total. The molecule has 0 aromatic rings. The first-order valence-electron chi connectivity index (χ1n) is 5.72. The lowest BCUT2D eigenvalue weighted by Gasteiger charge is -2.27. The van der Waals surface area contributed by atoms with Gasteiger partial charge >= 0.3 is 0 Å². The summed E-state index contributed by atoms with van der Waals surface area (Å²) >= 11 is 0. The van der Waals surface area contributed by atoms with Crippen molar-refractivity contribution in [2.24, 2.45) is 5.92 Å². The summed E-state index contributed by atoms with van der Waals surface area (Å²) in [5, 5.41) is 0. The monoisotopic (exact) mass is 198 g/mol. The van der Waals surface area contributed by atoms with Crippen LogP contribution in [0.4, 0.5) is 0 Å². The molecule has 2 aliphatic rings. The minimum Gasteiger partial charge on any atom is -0.412 e. The van der Waals surface area contributed by atoms with Crippen LogP contribution < -0.4 is 0 Å². The van der Waals surface area contributed by atoms with E-state index in [1.807, 2.05) is 0 Å². The van der Waals surface area contributed by atoms with E-state index < -0.39 is 8.32 Å². The molecule has 0 saturated heterocycles. The van der Waals surface area contributed by atoms with Gasteiger partial charge in [0.2, 0.25) is 0 Å². The second-order valence-corrected chi connectivity index (χ2v) is 10.2. The average Bonchev–Trinajstić information content (AvgIpc) is 2.57. The molecule has 2 fully saturated rings. The molecule has 2 rings (SSSR count). The first-order valence-corrected chi connectivity index (χ1v) is 9.13. The van der Waals surface area contributed by atoms with Gasteiger partial charge in [0.1, 0.15) is 0 Å². The van der Waals surface area contributed by atoms with Crippen molar-refractivity contribution in [3.63, 3.8) is 0 Å². The minimum absolute atomic E-state index is 0.376. The molecule has 2 aliphatic carbocycles. The normalized spacial score (nSPS) is 39.5. The molecule has 76 valence electrons. The van der Waals surface area contributed by atoms with Gasteiger partial charge in [0, 0.05) is 0 Å². The maximum absolute atomic E-state index is 6.36. The van der Waals surface area contributed by atoms with Crippen molar-refractivity contribution in [2.75, 3.05) is 0 Å². The molecule has 2 atom stereocenters. The van der Waals surface area contributed by atoms with Crippen molar-refractivity contribution >= 4 is 8.32 Å². The Balaban J connectivity index is 1.97. The van der Waals surface area contributed by atoms with E-state index in [0.717, 1.165) is 5.92 Å². The van der Waals surface area contributed by atoms with Gasteiger partial charge in [-0.05, 0) is 44.8 Å². The molecule has 2 heteroatoms. The van der Waals surface area contributed by atoms with E-state index in [1.165, 1.54) is 38.5 Å². The fourth-order valence-corrected chi connectivity index (χ4v) is 4.38. The second kappa shape index (κ2) is 3.09. The van der Waals surface area contributed by atoms with Crippen molar-refractivity contribution in [3.8, 4) is 0 Å². The molecule has 0 radical (unpaired) electrons. The Labute approximate surface area is 83.0 Å². The summed E-state index contributed by atoms with van der Waals surface area (Å²) in [6.45, 7) is 6.96. The lowest BCUT2D eigenvalue weighted by Crippen LogP contribution is -2.34. The third-order valence-corrected chi connectivity index (χ3v) is 4.36. The van der Waals surface area contributed by atoms with Crippen molar-refractivity contribution in [3.05, 3.63) is 0 Å². The Morgan fingerprint density at radius 2 is 1.92 bits per heavy atom. The van der Waals surface area contributed by atoms with E-state index in [9.17, 15) is 0 Å². The van der Waals surface area contributed by atoms with E-state index in [2.05, 4.69) is 19.6 Å². The predicted molar refractivity (Wildman–Crippen MR) is 58.4 cm³/mol. The summed E-state index contributed by atoms with van der Waals surface area (Å²) in [6.07, 6.45) is 8.44. The van der Waals surface area contributed by atoms with Crippen molar-refractivity contribution in [1.82, 2.24) is 0 Å². The Morgan fingerprint density at radius 1 is 1.15 bits per heavy atom. The van der Waals surface area contributed by atoms with Crippen molar-refractivity contribution < 1.29 is 4.43 Å². The van der Waals surface area contributed by atoms with Crippen molar-refractivity contribution in [1.29, 1.82) is 0 Å². The van der Waals surface area contributed by atoms with Gasteiger partial charge in [-0.3, -0.25) is 0 Å². The molecule has 0 aromatic carbocycles. The predicted octanol–water partition coefficient (Wildman–Crippen LogP) is 3.56. The molecule has 0 heterocycles. The third kappa shape index (κ3) is 2.16. The van der Waals surface area contributed by atoms with E-state index in [0.29, 0.717) is 5.60 Å². The zero-order valence-corrected chi connectivity index (χ0v) is 10.2. The lowest BCUT2D eigenvalue weighted by atomic mass is 10.1. The largest absolute Gasteiger partial charge is 0.412 e. The highest BCUT2D eigenvalue weighted by Crippen LogP contribution is 2.56. The van der Waals surface area contributed by atoms with Crippen LogP contribution in [-0.2, 0) is 4.43 Å². The number of rotatable bonds is 2. The topological polar surface area (TPSA) is 9.23 Å². The molecular formula is C11H22OSi. The fraction of sp³-hybridized carbons (Fsp3) is 1.00. The standard InChI is InChI=1S/C11H22OSi/c1-13(2,3)12-11-8-6-4-5-7-10(11)9-11/h10H,4-9H2,1-3H3. The van der Waals surface area contributed by atoms with Crippen LogP contribution in [0.1, 0.15) is 38.5 Å². The zero-order chi connectivity index (χ0) is 9.53. The van der Waals surface area contributed by atoms with Crippen LogP contribution in [0, 0.1) is 5.92 Å². The maximum Gasteiger partial charge on any atom is 0.184 e. The maximum atomic E-state index is 6.36. The Kier molecular flexibility index (Phi) is 2.31. The highest BCUT2D eigenvalue weighted by molar-refractivity contribution is 6.69. The van der Waals surface area contributed by atoms with E-state index in [4.69, 9.17) is 4.43 Å². The fourth-order valence-electron chi connectivity index (χ4n) is 2.81. The van der Waals surface area contributed by atoms with Gasteiger partial charge in [0.05, 0.1) is 5.60 Å². The summed E-state index contributed by atoms with van der Waals surface area (Å²) in [6, 6.07) is 0. The Morgan fingerprint density at radius 3 is 2.62 bits per heavy atom. The quantitative estimate of drug-likeness (QED) is 0.616. The molecule has 0 amide bonds. The van der Waals surface area contributed by atoms with Crippen molar-refractivity contribution in [2.45, 2.75) is 63.8 Å². The Hall–Kier alpha value is 0.177. The number of hydrogen-bond donors (Lipinski definition) is 0. The molecule has 2 saturated carbocycles. The van der Waals surface area contributed by atoms with Crippen LogP contribution in [0.5, 0.6) is 0 Å². The summed E-state index contributed by atoms with van der Waals surface area (Å²) in [4.78, 5) is 0. The number of hydrogen-bond acceptors (Lipinski definition) is 1. The van der Waals surface area contributed by atoms with E-state index in [-0.39, 0.29) is 0 Å². The summed E-state index contributed by atoms with van der Waals surface area (Å²) in [7, 11) is -1.30. The van der Waals surface area contributed by atoms with Crippen LogP contribution in [0.2, 0.25) is 19.6 Å². The molecule has 0 aliphatic heterocycles. The highest BCUT2D eigenvalue weighted by Gasteiger charge is 2.56. The lowest BCUT2D eigenvalue weighted by molar-refractivity contribution is 0.143. The molecule has 1 nitrogen and oxygen atoms in total. The first kappa shape index (κ1) is 9.72. The van der Waals surface area contributed by atoms with E-state index >= 15 is 0 Å². The van der Waals surface area contributed by atoms with Crippen LogP contribution in [0.3, 0.4) is 0 Å². The van der Waals surface area contributed by atoms with Gasteiger partial charge in [0.25, 0.3) is 0 Å². The minimum atomic E-state index is -1.30. The van der Waals surface area contributed by atoms with Crippen LogP contribution in [-0.4, -0.2) is 13.9 Å². The van der Waals surface area contributed by atoms with Gasteiger partial charge in [-0.2, -0.15) is 0 Å². The van der Waals surface area contributed by atoms with Gasteiger partial charge in [0.15, 0.2) is 8.32 Å². The van der Waals surface area contributed by atoms with E-state index in [1.54, 1.807) is 0 Å². The van der Waals surface area contributed by atoms with Gasteiger partial charge in [-0.25, -0.2) is 0 Å². The first-order chi connectivity index (χ1) is 6.02. The van der Waals surface area contributed by atoms with Crippen LogP contribution >= 0.6 is 0 Å². The molecule has 2 unspecified atom stereocenters. The molecular weight excluding hydrogens is 176 g/mol. The van der Waals surface area contributed by atoms with Gasteiger partial charge in [-0.15, -0.1) is 0 Å². The smallest absolute Gasteiger partial charge is 0.184 e. The molecule has 0 bridgehead atoms. The van der Waals surface area contributed by atoms with Gasteiger partial charge in [-0.1, -0.05) is 19.3 Å². The average molecular weight is 198 g/mol. The molecule has 0 aromatic heterocycles. The summed E-state index contributed by atoms with van der Waals surface area (Å²) in [5.74, 6) is 0.932. The van der Waals surface area contributed by atoms with Crippen LogP contribution in [0.15, 0.2) is 0 Å². The number of fused-ring (bicyclic) bond motifs is 1. The third-order valence-electron chi connectivity index (χ3n) is 3.34. The van der Waals surface area contributed by atoms with Gasteiger partial charge < -0.3 is 4.43 Å². The SMILES string of the molecule is C[Si](C)(C)OC12CCCCCC1C2. The molecule has 13 heavy (non-hydrogen) atoms.